The first-order chi connectivity index (χ1) is 11.7. The third-order valence-electron chi connectivity index (χ3n) is 3.95. The van der Waals surface area contributed by atoms with Gasteiger partial charge in [-0.2, -0.15) is 0 Å². The van der Waals surface area contributed by atoms with Crippen LogP contribution in [0.5, 0.6) is 5.75 Å². The SMILES string of the molecule is CCn1nnc2cc(C(=O)NCCc3ccccc3OC)ccc21. The molecule has 0 aliphatic carbocycles. The van der Waals surface area contributed by atoms with Crippen LogP contribution in [0.25, 0.3) is 11.0 Å². The van der Waals surface area contributed by atoms with Gasteiger partial charge in [-0.25, -0.2) is 4.68 Å². The lowest BCUT2D eigenvalue weighted by atomic mass is 10.1. The number of fused-ring (bicyclic) bond motifs is 1. The number of aryl methyl sites for hydroxylation is 1. The smallest absolute Gasteiger partial charge is 0.251 e. The molecule has 0 unspecified atom stereocenters. The summed E-state index contributed by atoms with van der Waals surface area (Å²) in [6.07, 6.45) is 0.712. The van der Waals surface area contributed by atoms with Gasteiger partial charge in [0.05, 0.1) is 12.6 Å². The lowest BCUT2D eigenvalue weighted by Crippen LogP contribution is -2.25. The minimum absolute atomic E-state index is 0.113. The van der Waals surface area contributed by atoms with Crippen LogP contribution in [0.1, 0.15) is 22.8 Å². The largest absolute Gasteiger partial charge is 0.496 e. The van der Waals surface area contributed by atoms with E-state index in [1.165, 1.54) is 0 Å². The highest BCUT2D eigenvalue weighted by molar-refractivity contribution is 5.97. The van der Waals surface area contributed by atoms with Crippen LogP contribution >= 0.6 is 0 Å². The maximum atomic E-state index is 12.3. The van der Waals surface area contributed by atoms with Crippen molar-refractivity contribution in [3.05, 3.63) is 53.6 Å². The number of carbonyl (C=O) groups is 1. The standard InChI is InChI=1S/C18H20N4O2/c1-3-22-16-9-8-14(12-15(16)20-21-22)18(23)19-11-10-13-6-4-5-7-17(13)24-2/h4-9,12H,3,10-11H2,1-2H3,(H,19,23). The molecule has 0 spiro atoms. The van der Waals surface area contributed by atoms with Crippen LogP contribution in [0.3, 0.4) is 0 Å². The second-order valence-corrected chi connectivity index (χ2v) is 5.43. The molecule has 0 radical (unpaired) electrons. The molecule has 124 valence electrons. The van der Waals surface area contributed by atoms with Crippen LogP contribution in [0, 0.1) is 0 Å². The van der Waals surface area contributed by atoms with Gasteiger partial charge in [0.25, 0.3) is 5.91 Å². The quantitative estimate of drug-likeness (QED) is 0.756. The zero-order valence-electron chi connectivity index (χ0n) is 13.8. The van der Waals surface area contributed by atoms with Gasteiger partial charge in [-0.1, -0.05) is 23.4 Å². The van der Waals surface area contributed by atoms with Crippen molar-refractivity contribution in [3.8, 4) is 5.75 Å². The number of carbonyl (C=O) groups excluding carboxylic acids is 1. The van der Waals surface area contributed by atoms with Crippen molar-refractivity contribution in [2.24, 2.45) is 0 Å². The first-order valence-corrected chi connectivity index (χ1v) is 7.96. The fraction of sp³-hybridized carbons (Fsp3) is 0.278. The molecular formula is C18H20N4O2. The summed E-state index contributed by atoms with van der Waals surface area (Å²) in [7, 11) is 1.65. The Balaban J connectivity index is 1.65. The van der Waals surface area contributed by atoms with E-state index in [0.717, 1.165) is 28.9 Å². The van der Waals surface area contributed by atoms with Crippen molar-refractivity contribution < 1.29 is 9.53 Å². The first-order valence-electron chi connectivity index (χ1n) is 7.96. The molecular weight excluding hydrogens is 304 g/mol. The third-order valence-corrected chi connectivity index (χ3v) is 3.95. The van der Waals surface area contributed by atoms with Gasteiger partial charge in [0.1, 0.15) is 11.3 Å². The molecule has 1 amide bonds. The van der Waals surface area contributed by atoms with Crippen molar-refractivity contribution >= 4 is 16.9 Å². The fourth-order valence-corrected chi connectivity index (χ4v) is 2.67. The summed E-state index contributed by atoms with van der Waals surface area (Å²) in [6, 6.07) is 13.3. The molecule has 24 heavy (non-hydrogen) atoms. The van der Waals surface area contributed by atoms with Gasteiger partial charge in [0.15, 0.2) is 0 Å². The van der Waals surface area contributed by atoms with E-state index < -0.39 is 0 Å². The summed E-state index contributed by atoms with van der Waals surface area (Å²) in [6.45, 7) is 3.30. The van der Waals surface area contributed by atoms with Crippen molar-refractivity contribution in [2.75, 3.05) is 13.7 Å². The molecule has 6 heteroatoms. The predicted octanol–water partition coefficient (Wildman–Crippen LogP) is 2.43. The molecule has 0 saturated heterocycles. The molecule has 3 aromatic rings. The number of aromatic nitrogens is 3. The number of para-hydroxylation sites is 1. The van der Waals surface area contributed by atoms with E-state index >= 15 is 0 Å². The second kappa shape index (κ2) is 7.12. The average molecular weight is 324 g/mol. The van der Waals surface area contributed by atoms with E-state index in [4.69, 9.17) is 4.74 Å². The monoisotopic (exact) mass is 324 g/mol. The number of hydrogen-bond acceptors (Lipinski definition) is 4. The van der Waals surface area contributed by atoms with Crippen LogP contribution in [-0.4, -0.2) is 34.6 Å². The van der Waals surface area contributed by atoms with Crippen molar-refractivity contribution in [2.45, 2.75) is 19.9 Å². The summed E-state index contributed by atoms with van der Waals surface area (Å²) in [5, 5.41) is 11.1. The van der Waals surface area contributed by atoms with Gasteiger partial charge in [0, 0.05) is 18.7 Å². The van der Waals surface area contributed by atoms with Crippen molar-refractivity contribution in [1.82, 2.24) is 20.3 Å². The number of rotatable bonds is 6. The van der Waals surface area contributed by atoms with Crippen LogP contribution in [0.4, 0.5) is 0 Å². The van der Waals surface area contributed by atoms with E-state index in [-0.39, 0.29) is 5.91 Å². The molecule has 1 heterocycles. The molecule has 0 aliphatic heterocycles. The predicted molar refractivity (Wildman–Crippen MR) is 92.2 cm³/mol. The maximum Gasteiger partial charge on any atom is 0.251 e. The van der Waals surface area contributed by atoms with Crippen LogP contribution in [0.2, 0.25) is 0 Å². The normalized spacial score (nSPS) is 10.8. The summed E-state index contributed by atoms with van der Waals surface area (Å²) in [4.78, 5) is 12.3. The van der Waals surface area contributed by atoms with Crippen molar-refractivity contribution in [1.29, 1.82) is 0 Å². The number of nitrogens with zero attached hydrogens (tertiary/aromatic N) is 3. The molecule has 0 bridgehead atoms. The second-order valence-electron chi connectivity index (χ2n) is 5.43. The number of benzene rings is 2. The molecule has 1 aromatic heterocycles. The van der Waals surface area contributed by atoms with Crippen molar-refractivity contribution in [3.63, 3.8) is 0 Å². The Hall–Kier alpha value is -2.89. The number of ether oxygens (including phenoxy) is 1. The minimum atomic E-state index is -0.113. The van der Waals surface area contributed by atoms with E-state index in [1.54, 1.807) is 23.9 Å². The lowest BCUT2D eigenvalue weighted by Gasteiger charge is -2.09. The highest BCUT2D eigenvalue weighted by Gasteiger charge is 2.10. The molecule has 6 nitrogen and oxygen atoms in total. The molecule has 2 aromatic carbocycles. The molecule has 0 fully saturated rings. The van der Waals surface area contributed by atoms with Crippen LogP contribution in [-0.2, 0) is 13.0 Å². The Morgan fingerprint density at radius 1 is 1.25 bits per heavy atom. The van der Waals surface area contributed by atoms with Gasteiger partial charge in [-0.05, 0) is 43.2 Å². The Kier molecular flexibility index (Phi) is 4.74. The van der Waals surface area contributed by atoms with E-state index in [9.17, 15) is 4.79 Å². The lowest BCUT2D eigenvalue weighted by molar-refractivity contribution is 0.0954. The molecule has 0 aliphatic rings. The highest BCUT2D eigenvalue weighted by Crippen LogP contribution is 2.17. The summed E-state index contributed by atoms with van der Waals surface area (Å²) in [5.74, 6) is 0.724. The van der Waals surface area contributed by atoms with Crippen LogP contribution < -0.4 is 10.1 Å². The van der Waals surface area contributed by atoms with Gasteiger partial charge in [-0.15, -0.1) is 5.10 Å². The van der Waals surface area contributed by atoms with Gasteiger partial charge in [-0.3, -0.25) is 4.79 Å². The zero-order valence-corrected chi connectivity index (χ0v) is 13.8. The van der Waals surface area contributed by atoms with E-state index in [1.807, 2.05) is 37.3 Å². The van der Waals surface area contributed by atoms with Gasteiger partial charge >= 0.3 is 0 Å². The topological polar surface area (TPSA) is 69.0 Å². The first kappa shape index (κ1) is 16.0. The summed E-state index contributed by atoms with van der Waals surface area (Å²) >= 11 is 0. The maximum absolute atomic E-state index is 12.3. The molecule has 0 saturated carbocycles. The van der Waals surface area contributed by atoms with Crippen LogP contribution in [0.15, 0.2) is 42.5 Å². The third kappa shape index (κ3) is 3.22. The minimum Gasteiger partial charge on any atom is -0.496 e. The fourth-order valence-electron chi connectivity index (χ4n) is 2.67. The molecule has 0 atom stereocenters. The summed E-state index contributed by atoms with van der Waals surface area (Å²) in [5.41, 5.74) is 3.32. The number of methoxy groups -OCH3 is 1. The highest BCUT2D eigenvalue weighted by atomic mass is 16.5. The molecule has 3 rings (SSSR count). The Morgan fingerprint density at radius 3 is 2.88 bits per heavy atom. The average Bonchev–Trinajstić information content (AvgIpc) is 3.04. The Morgan fingerprint density at radius 2 is 2.08 bits per heavy atom. The van der Waals surface area contributed by atoms with Gasteiger partial charge in [0.2, 0.25) is 0 Å². The Labute approximate surface area is 140 Å². The van der Waals surface area contributed by atoms with Gasteiger partial charge < -0.3 is 10.1 Å². The number of nitrogens with one attached hydrogen (secondary N) is 1. The number of hydrogen-bond donors (Lipinski definition) is 1. The molecule has 1 N–H and O–H groups in total. The van der Waals surface area contributed by atoms with E-state index in [2.05, 4.69) is 15.6 Å². The van der Waals surface area contributed by atoms with E-state index in [0.29, 0.717) is 18.5 Å². The Bertz CT molecular complexity index is 857. The summed E-state index contributed by atoms with van der Waals surface area (Å²) < 4.78 is 7.12. The number of amides is 1. The zero-order chi connectivity index (χ0) is 16.9.